The summed E-state index contributed by atoms with van der Waals surface area (Å²) in [5.74, 6) is 0.712. The average Bonchev–Trinajstić information content (AvgIpc) is 2.32. The van der Waals surface area contributed by atoms with Crippen LogP contribution >= 0.6 is 15.9 Å². The molecule has 0 saturated heterocycles. The van der Waals surface area contributed by atoms with Crippen molar-refractivity contribution in [1.29, 1.82) is 0 Å². The lowest BCUT2D eigenvalue weighted by molar-refractivity contribution is 0.304. The monoisotopic (exact) mass is 268 g/mol. The van der Waals surface area contributed by atoms with Gasteiger partial charge in [-0.1, -0.05) is 73.5 Å². The first-order valence-electron chi connectivity index (χ1n) is 5.82. The molecule has 0 saturated carbocycles. The summed E-state index contributed by atoms with van der Waals surface area (Å²) in [6.07, 6.45) is 2.42. The zero-order valence-corrected chi connectivity index (χ0v) is 11.5. The lowest BCUT2D eigenvalue weighted by atomic mass is 9.70. The number of benzene rings is 1. The van der Waals surface area contributed by atoms with Crippen molar-refractivity contribution in [2.45, 2.75) is 39.0 Å². The van der Waals surface area contributed by atoms with Crippen molar-refractivity contribution in [3.05, 3.63) is 35.9 Å². The normalized spacial score (nSPS) is 17.1. The molecule has 15 heavy (non-hydrogen) atoms. The van der Waals surface area contributed by atoms with Gasteiger partial charge in [-0.3, -0.25) is 0 Å². The van der Waals surface area contributed by atoms with Gasteiger partial charge in [-0.05, 0) is 17.9 Å². The Bertz CT molecular complexity index is 275. The molecule has 0 amide bonds. The van der Waals surface area contributed by atoms with Crippen LogP contribution in [0.3, 0.4) is 0 Å². The summed E-state index contributed by atoms with van der Waals surface area (Å²) in [6.45, 7) is 6.93. The zero-order valence-electron chi connectivity index (χ0n) is 9.96. The van der Waals surface area contributed by atoms with Crippen LogP contribution in [-0.2, 0) is 5.41 Å². The van der Waals surface area contributed by atoms with Crippen molar-refractivity contribution in [3.8, 4) is 0 Å². The fourth-order valence-corrected chi connectivity index (χ4v) is 3.57. The minimum absolute atomic E-state index is 0.302. The highest BCUT2D eigenvalue weighted by atomic mass is 79.9. The first-order valence-corrected chi connectivity index (χ1v) is 6.95. The van der Waals surface area contributed by atoms with E-state index in [2.05, 4.69) is 67.0 Å². The van der Waals surface area contributed by atoms with Crippen molar-refractivity contribution in [1.82, 2.24) is 0 Å². The van der Waals surface area contributed by atoms with Gasteiger partial charge in [0.25, 0.3) is 0 Å². The Morgan fingerprint density at radius 1 is 1.20 bits per heavy atom. The lowest BCUT2D eigenvalue weighted by Crippen LogP contribution is -2.34. The van der Waals surface area contributed by atoms with Gasteiger partial charge in [0, 0.05) is 10.7 Å². The highest BCUT2D eigenvalue weighted by Gasteiger charge is 2.33. The molecule has 0 aromatic heterocycles. The number of hydrogen-bond acceptors (Lipinski definition) is 0. The van der Waals surface area contributed by atoms with Crippen LogP contribution in [0.2, 0.25) is 0 Å². The number of halogens is 1. The minimum atomic E-state index is 0.302. The van der Waals surface area contributed by atoms with E-state index in [9.17, 15) is 0 Å². The van der Waals surface area contributed by atoms with E-state index >= 15 is 0 Å². The van der Waals surface area contributed by atoms with Crippen molar-refractivity contribution in [2.24, 2.45) is 5.92 Å². The second-order valence-electron chi connectivity index (χ2n) is 4.32. The molecule has 0 bridgehead atoms. The second-order valence-corrected chi connectivity index (χ2v) is 4.88. The predicted molar refractivity (Wildman–Crippen MR) is 71.7 cm³/mol. The van der Waals surface area contributed by atoms with Crippen LogP contribution in [0.25, 0.3) is 0 Å². The number of rotatable bonds is 5. The van der Waals surface area contributed by atoms with E-state index in [4.69, 9.17) is 0 Å². The largest absolute Gasteiger partial charge is 0.0918 e. The van der Waals surface area contributed by atoms with Crippen LogP contribution in [-0.4, -0.2) is 5.33 Å². The Balaban J connectivity index is 3.11. The van der Waals surface area contributed by atoms with Gasteiger partial charge in [0.05, 0.1) is 0 Å². The Hall–Kier alpha value is -0.300. The summed E-state index contributed by atoms with van der Waals surface area (Å²) in [5, 5.41) is 1.05. The van der Waals surface area contributed by atoms with Gasteiger partial charge < -0.3 is 0 Å². The summed E-state index contributed by atoms with van der Waals surface area (Å²) in [5.41, 5.74) is 1.77. The standard InChI is InChI=1S/C14H21Br/c1-4-12(3)14(5-2,11-15)13-9-7-6-8-10-13/h6-10,12H,4-5,11H2,1-3H3. The molecule has 1 aromatic carbocycles. The van der Waals surface area contributed by atoms with Crippen molar-refractivity contribution in [2.75, 3.05) is 5.33 Å². The first kappa shape index (κ1) is 12.8. The molecule has 0 spiro atoms. The van der Waals surface area contributed by atoms with Crippen molar-refractivity contribution >= 4 is 15.9 Å². The second kappa shape index (κ2) is 5.69. The molecule has 2 atom stereocenters. The van der Waals surface area contributed by atoms with Gasteiger partial charge in [0.15, 0.2) is 0 Å². The minimum Gasteiger partial charge on any atom is -0.0918 e. The van der Waals surface area contributed by atoms with E-state index in [1.165, 1.54) is 18.4 Å². The molecule has 0 aliphatic rings. The van der Waals surface area contributed by atoms with Crippen molar-refractivity contribution in [3.63, 3.8) is 0 Å². The maximum Gasteiger partial charge on any atom is 0.0131 e. The molecule has 0 N–H and O–H groups in total. The molecule has 1 rings (SSSR count). The molecule has 2 unspecified atom stereocenters. The Morgan fingerprint density at radius 3 is 2.20 bits per heavy atom. The molecule has 1 aromatic rings. The Labute approximate surface area is 102 Å². The number of alkyl halides is 1. The van der Waals surface area contributed by atoms with Crippen LogP contribution in [0.1, 0.15) is 39.2 Å². The molecule has 0 radical (unpaired) electrons. The van der Waals surface area contributed by atoms with Gasteiger partial charge in [0.2, 0.25) is 0 Å². The molecule has 0 heterocycles. The molecule has 84 valence electrons. The summed E-state index contributed by atoms with van der Waals surface area (Å²) < 4.78 is 0. The molecular formula is C14H21Br. The van der Waals surface area contributed by atoms with Crippen LogP contribution in [0.15, 0.2) is 30.3 Å². The van der Waals surface area contributed by atoms with Crippen molar-refractivity contribution < 1.29 is 0 Å². The van der Waals surface area contributed by atoms with Crippen LogP contribution in [0, 0.1) is 5.92 Å². The molecule has 0 fully saturated rings. The SMILES string of the molecule is CCC(C)C(CC)(CBr)c1ccccc1. The fourth-order valence-electron chi connectivity index (χ4n) is 2.30. The molecule has 1 heteroatoms. The third-order valence-corrected chi connectivity index (χ3v) is 4.77. The molecule has 0 aliphatic carbocycles. The first-order chi connectivity index (χ1) is 7.21. The number of hydrogen-bond donors (Lipinski definition) is 0. The van der Waals surface area contributed by atoms with E-state index in [0.29, 0.717) is 11.3 Å². The molecule has 0 aliphatic heterocycles. The topological polar surface area (TPSA) is 0 Å². The summed E-state index contributed by atoms with van der Waals surface area (Å²) in [4.78, 5) is 0. The van der Waals surface area contributed by atoms with Crippen LogP contribution in [0.5, 0.6) is 0 Å². The molecule has 0 nitrogen and oxygen atoms in total. The Morgan fingerprint density at radius 2 is 1.80 bits per heavy atom. The van der Waals surface area contributed by atoms with Crippen LogP contribution in [0.4, 0.5) is 0 Å². The average molecular weight is 269 g/mol. The lowest BCUT2D eigenvalue weighted by Gasteiger charge is -2.37. The van der Waals surface area contributed by atoms with E-state index in [-0.39, 0.29) is 0 Å². The molecular weight excluding hydrogens is 248 g/mol. The van der Waals surface area contributed by atoms with Gasteiger partial charge in [0.1, 0.15) is 0 Å². The Kier molecular flexibility index (Phi) is 4.85. The van der Waals surface area contributed by atoms with Gasteiger partial charge in [-0.2, -0.15) is 0 Å². The quantitative estimate of drug-likeness (QED) is 0.675. The highest BCUT2D eigenvalue weighted by Crippen LogP contribution is 2.38. The van der Waals surface area contributed by atoms with E-state index in [1.54, 1.807) is 0 Å². The predicted octanol–water partition coefficient (Wildman–Crippen LogP) is 4.78. The van der Waals surface area contributed by atoms with Gasteiger partial charge in [-0.15, -0.1) is 0 Å². The zero-order chi connectivity index (χ0) is 11.3. The van der Waals surface area contributed by atoms with Gasteiger partial charge >= 0.3 is 0 Å². The van der Waals surface area contributed by atoms with E-state index in [0.717, 1.165) is 5.33 Å². The van der Waals surface area contributed by atoms with Crippen LogP contribution < -0.4 is 0 Å². The third kappa shape index (κ3) is 2.44. The fraction of sp³-hybridized carbons (Fsp3) is 0.571. The summed E-state index contributed by atoms with van der Waals surface area (Å²) in [6, 6.07) is 10.9. The van der Waals surface area contributed by atoms with E-state index in [1.807, 2.05) is 0 Å². The van der Waals surface area contributed by atoms with Gasteiger partial charge in [-0.25, -0.2) is 0 Å². The highest BCUT2D eigenvalue weighted by molar-refractivity contribution is 9.09. The summed E-state index contributed by atoms with van der Waals surface area (Å²) >= 11 is 3.71. The smallest absolute Gasteiger partial charge is 0.0131 e. The third-order valence-electron chi connectivity index (χ3n) is 3.77. The summed E-state index contributed by atoms with van der Waals surface area (Å²) in [7, 11) is 0. The maximum atomic E-state index is 3.71. The maximum absolute atomic E-state index is 3.71. The van der Waals surface area contributed by atoms with E-state index < -0.39 is 0 Å².